The molecule has 21 heavy (non-hydrogen) atoms. The highest BCUT2D eigenvalue weighted by Gasteiger charge is 2.23. The van der Waals surface area contributed by atoms with Crippen molar-refractivity contribution in [2.24, 2.45) is 0 Å². The third-order valence-electron chi connectivity index (χ3n) is 3.99. The summed E-state index contributed by atoms with van der Waals surface area (Å²) in [7, 11) is 2.21. The third-order valence-corrected chi connectivity index (χ3v) is 4.48. The Bertz CT molecular complexity index is 481. The zero-order valence-electron chi connectivity index (χ0n) is 13.9. The van der Waals surface area contributed by atoms with E-state index in [1.54, 1.807) is 0 Å². The molecule has 2 rings (SSSR count). The fraction of sp³-hybridized carbons (Fsp3) is 0.647. The van der Waals surface area contributed by atoms with Crippen LogP contribution in [0.5, 0.6) is 0 Å². The zero-order chi connectivity index (χ0) is 15.6. The van der Waals surface area contributed by atoms with Gasteiger partial charge >= 0.3 is 0 Å². The summed E-state index contributed by atoms with van der Waals surface area (Å²) in [4.78, 5) is 4.96. The lowest BCUT2D eigenvalue weighted by Crippen LogP contribution is -2.51. The first-order valence-corrected chi connectivity index (χ1v) is 8.54. The summed E-state index contributed by atoms with van der Waals surface area (Å²) in [6, 6.07) is 7.21. The minimum absolute atomic E-state index is 0.132. The lowest BCUT2D eigenvalue weighted by atomic mass is 10.1. The Morgan fingerprint density at radius 2 is 2.00 bits per heavy atom. The Balaban J connectivity index is 2.22. The first kappa shape index (κ1) is 16.8. The number of piperazine rings is 1. The number of anilines is 1. The smallest absolute Gasteiger partial charge is 0.0415 e. The molecule has 3 nitrogen and oxygen atoms in total. The molecule has 1 aliphatic heterocycles. The Hall–Kier alpha value is -0.580. The van der Waals surface area contributed by atoms with E-state index in [1.165, 1.54) is 11.3 Å². The molecule has 1 atom stereocenters. The van der Waals surface area contributed by atoms with Crippen LogP contribution in [0.15, 0.2) is 22.7 Å². The van der Waals surface area contributed by atoms with Crippen LogP contribution in [0, 0.1) is 0 Å². The molecule has 1 N–H and O–H groups in total. The van der Waals surface area contributed by atoms with Crippen molar-refractivity contribution in [3.8, 4) is 0 Å². The van der Waals surface area contributed by atoms with Crippen molar-refractivity contribution in [1.29, 1.82) is 0 Å². The molecule has 1 unspecified atom stereocenters. The summed E-state index contributed by atoms with van der Waals surface area (Å²) in [5, 5.41) is 3.61. The van der Waals surface area contributed by atoms with E-state index in [0.29, 0.717) is 6.04 Å². The van der Waals surface area contributed by atoms with Gasteiger partial charge in [-0.15, -0.1) is 0 Å². The molecule has 0 amide bonds. The first-order valence-electron chi connectivity index (χ1n) is 7.75. The van der Waals surface area contributed by atoms with E-state index < -0.39 is 0 Å². The quantitative estimate of drug-likeness (QED) is 0.897. The molecule has 1 aromatic carbocycles. The summed E-state index contributed by atoms with van der Waals surface area (Å²) in [6.45, 7) is 13.2. The van der Waals surface area contributed by atoms with Crippen LogP contribution in [0.3, 0.4) is 0 Å². The van der Waals surface area contributed by atoms with Crippen molar-refractivity contribution in [3.05, 3.63) is 28.2 Å². The highest BCUT2D eigenvalue weighted by Crippen LogP contribution is 2.28. The number of hydrogen-bond donors (Lipinski definition) is 1. The maximum absolute atomic E-state index is 3.61. The molecule has 4 heteroatoms. The van der Waals surface area contributed by atoms with Gasteiger partial charge in [0.15, 0.2) is 0 Å². The fourth-order valence-corrected chi connectivity index (χ4v) is 3.24. The molecule has 0 radical (unpaired) electrons. The molecule has 0 aliphatic carbocycles. The lowest BCUT2D eigenvalue weighted by Gasteiger charge is -2.41. The van der Waals surface area contributed by atoms with E-state index >= 15 is 0 Å². The molecule has 0 bridgehead atoms. The van der Waals surface area contributed by atoms with Crippen LogP contribution in [0.1, 0.15) is 33.3 Å². The van der Waals surface area contributed by atoms with E-state index in [-0.39, 0.29) is 5.54 Å². The summed E-state index contributed by atoms with van der Waals surface area (Å²) >= 11 is 3.61. The standard InChI is InChI=1S/C17H28BrN3/c1-13-12-20(5)8-9-21(13)16-7-6-15(18)10-14(16)11-19-17(2,3)4/h6-7,10,13,19H,8-9,11-12H2,1-5H3. The van der Waals surface area contributed by atoms with Gasteiger partial charge < -0.3 is 15.1 Å². The highest BCUT2D eigenvalue weighted by atomic mass is 79.9. The van der Waals surface area contributed by atoms with E-state index in [0.717, 1.165) is 30.7 Å². The van der Waals surface area contributed by atoms with Gasteiger partial charge in [0.05, 0.1) is 0 Å². The van der Waals surface area contributed by atoms with Crippen LogP contribution >= 0.6 is 15.9 Å². The molecular weight excluding hydrogens is 326 g/mol. The van der Waals surface area contributed by atoms with Gasteiger partial charge in [0.2, 0.25) is 0 Å². The molecule has 1 saturated heterocycles. The average Bonchev–Trinajstić information content (AvgIpc) is 2.36. The number of nitrogens with one attached hydrogen (secondary N) is 1. The second kappa shape index (κ2) is 6.67. The highest BCUT2D eigenvalue weighted by molar-refractivity contribution is 9.10. The average molecular weight is 354 g/mol. The number of nitrogens with zero attached hydrogens (tertiary/aromatic N) is 2. The first-order chi connectivity index (χ1) is 9.76. The van der Waals surface area contributed by atoms with Crippen molar-refractivity contribution < 1.29 is 0 Å². The Kier molecular flexibility index (Phi) is 5.33. The molecule has 0 aromatic heterocycles. The van der Waals surface area contributed by atoms with E-state index in [9.17, 15) is 0 Å². The summed E-state index contributed by atoms with van der Waals surface area (Å²) in [6.07, 6.45) is 0. The van der Waals surface area contributed by atoms with Crippen LogP contribution in [-0.4, -0.2) is 43.2 Å². The van der Waals surface area contributed by atoms with E-state index in [1.807, 2.05) is 0 Å². The van der Waals surface area contributed by atoms with Crippen molar-refractivity contribution in [3.63, 3.8) is 0 Å². The van der Waals surface area contributed by atoms with Crippen LogP contribution in [0.2, 0.25) is 0 Å². The zero-order valence-corrected chi connectivity index (χ0v) is 15.5. The maximum atomic E-state index is 3.61. The van der Waals surface area contributed by atoms with Gasteiger partial charge in [-0.3, -0.25) is 0 Å². The number of rotatable bonds is 3. The third kappa shape index (κ3) is 4.70. The Labute approximate surface area is 137 Å². The second-order valence-electron chi connectivity index (χ2n) is 7.18. The predicted molar refractivity (Wildman–Crippen MR) is 95.0 cm³/mol. The number of likely N-dealkylation sites (N-methyl/N-ethyl adjacent to an activating group) is 1. The number of benzene rings is 1. The molecule has 0 spiro atoms. The van der Waals surface area contributed by atoms with E-state index in [4.69, 9.17) is 0 Å². The second-order valence-corrected chi connectivity index (χ2v) is 8.10. The van der Waals surface area contributed by atoms with E-state index in [2.05, 4.69) is 84.0 Å². The van der Waals surface area contributed by atoms with Crippen LogP contribution < -0.4 is 10.2 Å². The number of halogens is 1. The predicted octanol–water partition coefficient (Wildman–Crippen LogP) is 3.48. The summed E-state index contributed by atoms with van der Waals surface area (Å²) in [5.74, 6) is 0. The molecule has 1 fully saturated rings. The summed E-state index contributed by atoms with van der Waals surface area (Å²) < 4.78 is 1.15. The van der Waals surface area contributed by atoms with Crippen LogP contribution in [0.4, 0.5) is 5.69 Å². The molecular formula is C17H28BrN3. The van der Waals surface area contributed by atoms with Gasteiger partial charge in [-0.25, -0.2) is 0 Å². The van der Waals surface area contributed by atoms with Crippen molar-refractivity contribution in [2.75, 3.05) is 31.6 Å². The fourth-order valence-electron chi connectivity index (χ4n) is 2.83. The molecule has 1 aromatic rings. The molecule has 118 valence electrons. The minimum Gasteiger partial charge on any atom is -0.366 e. The molecule has 1 aliphatic rings. The maximum Gasteiger partial charge on any atom is 0.0415 e. The van der Waals surface area contributed by atoms with Crippen molar-refractivity contribution in [2.45, 2.75) is 45.8 Å². The minimum atomic E-state index is 0.132. The Morgan fingerprint density at radius 3 is 2.62 bits per heavy atom. The van der Waals surface area contributed by atoms with Gasteiger partial charge in [-0.2, -0.15) is 0 Å². The topological polar surface area (TPSA) is 18.5 Å². The van der Waals surface area contributed by atoms with Crippen LogP contribution in [0.25, 0.3) is 0 Å². The normalized spacial score (nSPS) is 20.9. The lowest BCUT2D eigenvalue weighted by molar-refractivity contribution is 0.275. The molecule has 0 saturated carbocycles. The van der Waals surface area contributed by atoms with Gasteiger partial charge in [-0.05, 0) is 58.5 Å². The van der Waals surface area contributed by atoms with Crippen molar-refractivity contribution in [1.82, 2.24) is 10.2 Å². The van der Waals surface area contributed by atoms with Crippen LogP contribution in [-0.2, 0) is 6.54 Å². The van der Waals surface area contributed by atoms with Gasteiger partial charge in [0.1, 0.15) is 0 Å². The SMILES string of the molecule is CC1CN(C)CCN1c1ccc(Br)cc1CNC(C)(C)C. The largest absolute Gasteiger partial charge is 0.366 e. The monoisotopic (exact) mass is 353 g/mol. The van der Waals surface area contributed by atoms with Crippen molar-refractivity contribution >= 4 is 21.6 Å². The summed E-state index contributed by atoms with van der Waals surface area (Å²) in [5.41, 5.74) is 2.87. The Morgan fingerprint density at radius 1 is 1.29 bits per heavy atom. The van der Waals surface area contributed by atoms with Gasteiger partial charge in [0, 0.05) is 47.9 Å². The van der Waals surface area contributed by atoms with Gasteiger partial charge in [-0.1, -0.05) is 15.9 Å². The number of hydrogen-bond acceptors (Lipinski definition) is 3. The molecule has 1 heterocycles. The van der Waals surface area contributed by atoms with Gasteiger partial charge in [0.25, 0.3) is 0 Å².